The van der Waals surface area contributed by atoms with Crippen LogP contribution in [0.25, 0.3) is 0 Å². The third kappa shape index (κ3) is 2.87. The van der Waals surface area contributed by atoms with Crippen molar-refractivity contribution in [2.45, 2.75) is 50.1 Å². The van der Waals surface area contributed by atoms with Crippen molar-refractivity contribution < 1.29 is 9.53 Å². The van der Waals surface area contributed by atoms with Gasteiger partial charge in [0, 0.05) is 18.7 Å². The van der Waals surface area contributed by atoms with Crippen molar-refractivity contribution in [3.05, 3.63) is 22.8 Å². The van der Waals surface area contributed by atoms with Crippen molar-refractivity contribution in [3.8, 4) is 0 Å². The zero-order chi connectivity index (χ0) is 15.5. The fourth-order valence-electron chi connectivity index (χ4n) is 2.62. The molecular formula is C14H19N5O2S. The van der Waals surface area contributed by atoms with E-state index >= 15 is 0 Å². The van der Waals surface area contributed by atoms with Crippen molar-refractivity contribution in [1.29, 1.82) is 0 Å². The SMILES string of the molecule is CCc1nc(SCc2nn3c(c2C(=O)OC)CCCC3)n[nH]1. The summed E-state index contributed by atoms with van der Waals surface area (Å²) in [5, 5.41) is 12.3. The summed E-state index contributed by atoms with van der Waals surface area (Å²) in [6.45, 7) is 2.89. The summed E-state index contributed by atoms with van der Waals surface area (Å²) in [4.78, 5) is 16.5. The molecule has 0 fully saturated rings. The third-order valence-corrected chi connectivity index (χ3v) is 4.60. The highest BCUT2D eigenvalue weighted by Crippen LogP contribution is 2.27. The van der Waals surface area contributed by atoms with Crippen LogP contribution in [0.5, 0.6) is 0 Å². The van der Waals surface area contributed by atoms with Gasteiger partial charge in [-0.05, 0) is 19.3 Å². The Bertz CT molecular complexity index is 679. The fourth-order valence-corrected chi connectivity index (χ4v) is 3.37. The van der Waals surface area contributed by atoms with E-state index in [1.54, 1.807) is 0 Å². The fraction of sp³-hybridized carbons (Fsp3) is 0.571. The molecule has 0 aromatic carbocycles. The molecule has 3 heterocycles. The van der Waals surface area contributed by atoms with Crippen LogP contribution < -0.4 is 0 Å². The van der Waals surface area contributed by atoms with Crippen LogP contribution in [0.3, 0.4) is 0 Å². The van der Waals surface area contributed by atoms with Gasteiger partial charge in [-0.1, -0.05) is 18.7 Å². The van der Waals surface area contributed by atoms with Gasteiger partial charge < -0.3 is 4.74 Å². The normalized spacial score (nSPS) is 13.9. The Morgan fingerprint density at radius 3 is 3.05 bits per heavy atom. The van der Waals surface area contributed by atoms with Gasteiger partial charge in [0.2, 0.25) is 5.16 Å². The molecule has 2 aromatic heterocycles. The van der Waals surface area contributed by atoms with Crippen molar-refractivity contribution in [1.82, 2.24) is 25.0 Å². The molecule has 7 nitrogen and oxygen atoms in total. The van der Waals surface area contributed by atoms with Gasteiger partial charge in [0.15, 0.2) is 0 Å². The first-order valence-electron chi connectivity index (χ1n) is 7.43. The highest BCUT2D eigenvalue weighted by atomic mass is 32.2. The lowest BCUT2D eigenvalue weighted by Crippen LogP contribution is -2.14. The molecule has 0 spiro atoms. The molecule has 0 amide bonds. The van der Waals surface area contributed by atoms with Gasteiger partial charge in [-0.25, -0.2) is 9.78 Å². The average molecular weight is 321 g/mol. The Labute approximate surface area is 132 Å². The molecule has 0 saturated carbocycles. The molecule has 8 heteroatoms. The second kappa shape index (κ2) is 6.51. The second-order valence-electron chi connectivity index (χ2n) is 5.15. The Morgan fingerprint density at radius 2 is 2.32 bits per heavy atom. The molecule has 0 saturated heterocycles. The van der Waals surface area contributed by atoms with Crippen LogP contribution in [0, 0.1) is 0 Å². The Balaban J connectivity index is 1.83. The number of aryl methyl sites for hydroxylation is 2. The topological polar surface area (TPSA) is 85.7 Å². The van der Waals surface area contributed by atoms with Crippen LogP contribution in [0.2, 0.25) is 0 Å². The van der Waals surface area contributed by atoms with Crippen LogP contribution in [0.4, 0.5) is 0 Å². The van der Waals surface area contributed by atoms with Crippen molar-refractivity contribution in [2.75, 3.05) is 7.11 Å². The zero-order valence-electron chi connectivity index (χ0n) is 12.8. The van der Waals surface area contributed by atoms with Gasteiger partial charge in [0.25, 0.3) is 0 Å². The molecule has 0 aliphatic carbocycles. The summed E-state index contributed by atoms with van der Waals surface area (Å²) >= 11 is 1.48. The summed E-state index contributed by atoms with van der Waals surface area (Å²) < 4.78 is 6.88. The van der Waals surface area contributed by atoms with E-state index in [9.17, 15) is 4.79 Å². The first-order valence-corrected chi connectivity index (χ1v) is 8.42. The largest absolute Gasteiger partial charge is 0.465 e. The van der Waals surface area contributed by atoms with Gasteiger partial charge in [0.1, 0.15) is 11.4 Å². The number of ether oxygens (including phenoxy) is 1. The molecular weight excluding hydrogens is 302 g/mol. The van der Waals surface area contributed by atoms with Crippen LogP contribution in [-0.4, -0.2) is 38.0 Å². The minimum absolute atomic E-state index is 0.303. The number of aromatic nitrogens is 5. The number of carbonyl (C=O) groups is 1. The predicted molar refractivity (Wildman–Crippen MR) is 81.8 cm³/mol. The molecule has 0 radical (unpaired) electrons. The molecule has 1 aliphatic heterocycles. The van der Waals surface area contributed by atoms with Crippen molar-refractivity contribution in [2.24, 2.45) is 0 Å². The zero-order valence-corrected chi connectivity index (χ0v) is 13.6. The average Bonchev–Trinajstić information content (AvgIpc) is 3.15. The number of carbonyl (C=O) groups excluding carboxylic acids is 1. The number of rotatable bonds is 5. The standard InChI is InChI=1S/C14H19N5O2S/c1-3-11-15-14(17-16-11)22-8-9-12(13(20)21-2)10-6-4-5-7-19(10)18-9/h3-8H2,1-2H3,(H,15,16,17). The lowest BCUT2D eigenvalue weighted by molar-refractivity contribution is 0.0598. The number of nitrogens with one attached hydrogen (secondary N) is 1. The van der Waals surface area contributed by atoms with E-state index in [0.717, 1.165) is 49.4 Å². The van der Waals surface area contributed by atoms with E-state index in [1.807, 2.05) is 11.6 Å². The number of esters is 1. The number of H-pyrrole nitrogens is 1. The monoisotopic (exact) mass is 321 g/mol. The van der Waals surface area contributed by atoms with Crippen molar-refractivity contribution in [3.63, 3.8) is 0 Å². The van der Waals surface area contributed by atoms with E-state index in [0.29, 0.717) is 16.5 Å². The molecule has 1 aliphatic rings. The summed E-state index contributed by atoms with van der Waals surface area (Å²) in [6, 6.07) is 0. The maximum absolute atomic E-state index is 12.1. The van der Waals surface area contributed by atoms with Crippen LogP contribution in [-0.2, 0) is 29.9 Å². The summed E-state index contributed by atoms with van der Waals surface area (Å²) in [7, 11) is 1.41. The lowest BCUT2D eigenvalue weighted by Gasteiger charge is -2.13. The molecule has 0 unspecified atom stereocenters. The Hall–Kier alpha value is -1.83. The molecule has 0 atom stereocenters. The van der Waals surface area contributed by atoms with Gasteiger partial charge in [-0.3, -0.25) is 9.78 Å². The Morgan fingerprint density at radius 1 is 1.45 bits per heavy atom. The number of thioether (sulfide) groups is 1. The molecule has 1 N–H and O–H groups in total. The van der Waals surface area contributed by atoms with Crippen LogP contribution in [0.1, 0.15) is 47.3 Å². The van der Waals surface area contributed by atoms with Gasteiger partial charge in [-0.15, -0.1) is 5.10 Å². The number of aromatic amines is 1. The minimum Gasteiger partial charge on any atom is -0.465 e. The van der Waals surface area contributed by atoms with Gasteiger partial charge in [-0.2, -0.15) is 5.10 Å². The van der Waals surface area contributed by atoms with Gasteiger partial charge >= 0.3 is 5.97 Å². The number of hydrogen-bond acceptors (Lipinski definition) is 6. The van der Waals surface area contributed by atoms with E-state index in [2.05, 4.69) is 20.3 Å². The lowest BCUT2D eigenvalue weighted by atomic mass is 10.1. The van der Waals surface area contributed by atoms with Crippen LogP contribution in [0.15, 0.2) is 5.16 Å². The quantitative estimate of drug-likeness (QED) is 0.669. The maximum atomic E-state index is 12.1. The number of fused-ring (bicyclic) bond motifs is 1. The number of hydrogen-bond donors (Lipinski definition) is 1. The number of methoxy groups -OCH3 is 1. The highest BCUT2D eigenvalue weighted by Gasteiger charge is 2.26. The number of nitrogens with zero attached hydrogens (tertiary/aromatic N) is 4. The first kappa shape index (κ1) is 15.1. The summed E-state index contributed by atoms with van der Waals surface area (Å²) in [5.74, 6) is 1.12. The van der Waals surface area contributed by atoms with Crippen LogP contribution >= 0.6 is 11.8 Å². The first-order chi connectivity index (χ1) is 10.7. The third-order valence-electron chi connectivity index (χ3n) is 3.74. The predicted octanol–water partition coefficient (Wildman–Crippen LogP) is 1.98. The summed E-state index contributed by atoms with van der Waals surface area (Å²) in [5.41, 5.74) is 2.38. The minimum atomic E-state index is -0.303. The maximum Gasteiger partial charge on any atom is 0.341 e. The molecule has 22 heavy (non-hydrogen) atoms. The molecule has 0 bridgehead atoms. The smallest absolute Gasteiger partial charge is 0.341 e. The van der Waals surface area contributed by atoms with E-state index in [1.165, 1.54) is 18.9 Å². The summed E-state index contributed by atoms with van der Waals surface area (Å²) in [6.07, 6.45) is 3.88. The molecule has 118 valence electrons. The Kier molecular flexibility index (Phi) is 4.47. The van der Waals surface area contributed by atoms with E-state index in [4.69, 9.17) is 4.74 Å². The molecule has 3 rings (SSSR count). The highest BCUT2D eigenvalue weighted by molar-refractivity contribution is 7.98. The second-order valence-corrected chi connectivity index (χ2v) is 6.09. The van der Waals surface area contributed by atoms with Crippen molar-refractivity contribution >= 4 is 17.7 Å². The van der Waals surface area contributed by atoms with E-state index in [-0.39, 0.29) is 5.97 Å². The molecule has 2 aromatic rings. The van der Waals surface area contributed by atoms with Gasteiger partial charge in [0.05, 0.1) is 18.5 Å². The van der Waals surface area contributed by atoms with E-state index < -0.39 is 0 Å².